The minimum atomic E-state index is 0.914. The number of aromatic nitrogens is 1. The standard InChI is InChI=1S/C13H16N2S2/c1-3-14-8-12-9-15-13(17-12)10-4-6-11(16-2)7-5-10/h4-7,9,14H,3,8H2,1-2H3. The summed E-state index contributed by atoms with van der Waals surface area (Å²) < 4.78 is 0. The summed E-state index contributed by atoms with van der Waals surface area (Å²) in [5.74, 6) is 0. The van der Waals surface area contributed by atoms with Gasteiger partial charge in [-0.15, -0.1) is 23.1 Å². The van der Waals surface area contributed by atoms with Crippen molar-refractivity contribution in [3.05, 3.63) is 35.3 Å². The van der Waals surface area contributed by atoms with Gasteiger partial charge in [-0.3, -0.25) is 0 Å². The van der Waals surface area contributed by atoms with E-state index in [2.05, 4.69) is 47.7 Å². The molecule has 2 nitrogen and oxygen atoms in total. The molecule has 2 rings (SSSR count). The third-order valence-electron chi connectivity index (χ3n) is 2.44. The van der Waals surface area contributed by atoms with Crippen LogP contribution in [0.15, 0.2) is 35.4 Å². The Morgan fingerprint density at radius 1 is 1.29 bits per heavy atom. The van der Waals surface area contributed by atoms with Gasteiger partial charge >= 0.3 is 0 Å². The lowest BCUT2D eigenvalue weighted by molar-refractivity contribution is 0.734. The molecule has 0 aliphatic heterocycles. The lowest BCUT2D eigenvalue weighted by Crippen LogP contribution is -2.10. The molecule has 1 aromatic heterocycles. The number of nitrogens with zero attached hydrogens (tertiary/aromatic N) is 1. The summed E-state index contributed by atoms with van der Waals surface area (Å²) in [5, 5.41) is 4.42. The second kappa shape index (κ2) is 6.19. The molecule has 0 spiro atoms. The predicted molar refractivity (Wildman–Crippen MR) is 76.7 cm³/mol. The normalized spacial score (nSPS) is 10.7. The second-order valence-corrected chi connectivity index (χ2v) is 5.64. The Labute approximate surface area is 110 Å². The monoisotopic (exact) mass is 264 g/mol. The number of thioether (sulfide) groups is 1. The molecule has 0 amide bonds. The second-order valence-electron chi connectivity index (χ2n) is 3.64. The predicted octanol–water partition coefficient (Wildman–Crippen LogP) is 3.64. The molecule has 0 aliphatic rings. The molecule has 0 atom stereocenters. The molecule has 4 heteroatoms. The summed E-state index contributed by atoms with van der Waals surface area (Å²) in [7, 11) is 0. The first kappa shape index (κ1) is 12.6. The third-order valence-corrected chi connectivity index (χ3v) is 4.23. The van der Waals surface area contributed by atoms with E-state index < -0.39 is 0 Å². The Morgan fingerprint density at radius 3 is 2.71 bits per heavy atom. The van der Waals surface area contributed by atoms with Crippen molar-refractivity contribution in [2.75, 3.05) is 12.8 Å². The van der Waals surface area contributed by atoms with Gasteiger partial charge < -0.3 is 5.32 Å². The van der Waals surface area contributed by atoms with Crippen molar-refractivity contribution in [1.29, 1.82) is 0 Å². The molecule has 0 bridgehead atoms. The van der Waals surface area contributed by atoms with Crippen molar-refractivity contribution in [2.45, 2.75) is 18.4 Å². The average Bonchev–Trinajstić information content (AvgIpc) is 2.85. The van der Waals surface area contributed by atoms with Gasteiger partial charge in [0.2, 0.25) is 0 Å². The van der Waals surface area contributed by atoms with E-state index in [1.807, 2.05) is 6.20 Å². The third kappa shape index (κ3) is 3.31. The Morgan fingerprint density at radius 2 is 2.06 bits per heavy atom. The zero-order valence-corrected chi connectivity index (χ0v) is 11.7. The summed E-state index contributed by atoms with van der Waals surface area (Å²) in [6.45, 7) is 4.02. The smallest absolute Gasteiger partial charge is 0.123 e. The van der Waals surface area contributed by atoms with Crippen molar-refractivity contribution >= 4 is 23.1 Å². The van der Waals surface area contributed by atoms with Gasteiger partial charge in [-0.1, -0.05) is 19.1 Å². The van der Waals surface area contributed by atoms with Gasteiger partial charge in [-0.25, -0.2) is 4.98 Å². The van der Waals surface area contributed by atoms with Crippen LogP contribution in [-0.2, 0) is 6.54 Å². The van der Waals surface area contributed by atoms with Crippen LogP contribution in [0.5, 0.6) is 0 Å². The first-order valence-corrected chi connectivity index (χ1v) is 7.67. The lowest BCUT2D eigenvalue weighted by atomic mass is 10.2. The first-order chi connectivity index (χ1) is 8.33. The van der Waals surface area contributed by atoms with E-state index in [9.17, 15) is 0 Å². The summed E-state index contributed by atoms with van der Waals surface area (Å²) >= 11 is 3.52. The highest BCUT2D eigenvalue weighted by Gasteiger charge is 2.04. The van der Waals surface area contributed by atoms with Crippen LogP contribution in [-0.4, -0.2) is 17.8 Å². The fourth-order valence-corrected chi connectivity index (χ4v) is 2.80. The largest absolute Gasteiger partial charge is 0.312 e. The van der Waals surface area contributed by atoms with E-state index in [1.54, 1.807) is 23.1 Å². The highest BCUT2D eigenvalue weighted by atomic mass is 32.2. The molecule has 1 aromatic carbocycles. The zero-order chi connectivity index (χ0) is 12.1. The van der Waals surface area contributed by atoms with Crippen LogP contribution in [0.3, 0.4) is 0 Å². The molecule has 0 radical (unpaired) electrons. The van der Waals surface area contributed by atoms with Crippen LogP contribution in [0.1, 0.15) is 11.8 Å². The Bertz CT molecular complexity index is 463. The van der Waals surface area contributed by atoms with Crippen molar-refractivity contribution in [2.24, 2.45) is 0 Å². The molecule has 90 valence electrons. The summed E-state index contributed by atoms with van der Waals surface area (Å²) in [4.78, 5) is 7.04. The van der Waals surface area contributed by atoms with Gasteiger partial charge in [0.25, 0.3) is 0 Å². The molecular formula is C13H16N2S2. The molecule has 2 aromatic rings. The van der Waals surface area contributed by atoms with Crippen LogP contribution < -0.4 is 5.32 Å². The van der Waals surface area contributed by atoms with Crippen molar-refractivity contribution < 1.29 is 0 Å². The topological polar surface area (TPSA) is 24.9 Å². The van der Waals surface area contributed by atoms with Gasteiger partial charge in [0.1, 0.15) is 5.01 Å². The first-order valence-electron chi connectivity index (χ1n) is 5.63. The highest BCUT2D eigenvalue weighted by Crippen LogP contribution is 2.26. The Hall–Kier alpha value is -0.840. The molecule has 0 unspecified atom stereocenters. The molecule has 0 saturated heterocycles. The molecule has 1 heterocycles. The van der Waals surface area contributed by atoms with Crippen molar-refractivity contribution in [3.8, 4) is 10.6 Å². The Kier molecular flexibility index (Phi) is 4.59. The maximum absolute atomic E-state index is 4.47. The van der Waals surface area contributed by atoms with Gasteiger partial charge in [0.15, 0.2) is 0 Å². The molecule has 0 saturated carbocycles. The fourth-order valence-electron chi connectivity index (χ4n) is 1.50. The molecule has 17 heavy (non-hydrogen) atoms. The fraction of sp³-hybridized carbons (Fsp3) is 0.308. The summed E-state index contributed by atoms with van der Waals surface area (Å²) in [6, 6.07) is 8.57. The Balaban J connectivity index is 2.12. The number of rotatable bonds is 5. The van der Waals surface area contributed by atoms with Crippen LogP contribution in [0.2, 0.25) is 0 Å². The van der Waals surface area contributed by atoms with Crippen LogP contribution in [0.25, 0.3) is 10.6 Å². The average molecular weight is 264 g/mol. The van der Waals surface area contributed by atoms with Gasteiger partial charge in [0.05, 0.1) is 0 Å². The maximum atomic E-state index is 4.47. The van der Waals surface area contributed by atoms with Crippen molar-refractivity contribution in [3.63, 3.8) is 0 Å². The number of benzene rings is 1. The minimum absolute atomic E-state index is 0.914. The van der Waals surface area contributed by atoms with E-state index in [-0.39, 0.29) is 0 Å². The zero-order valence-electron chi connectivity index (χ0n) is 10.1. The maximum Gasteiger partial charge on any atom is 0.123 e. The van der Waals surface area contributed by atoms with E-state index >= 15 is 0 Å². The lowest BCUT2D eigenvalue weighted by Gasteiger charge is -1.98. The number of hydrogen-bond acceptors (Lipinski definition) is 4. The quantitative estimate of drug-likeness (QED) is 0.835. The van der Waals surface area contributed by atoms with E-state index in [4.69, 9.17) is 0 Å². The van der Waals surface area contributed by atoms with Gasteiger partial charge in [-0.2, -0.15) is 0 Å². The van der Waals surface area contributed by atoms with E-state index in [0.29, 0.717) is 0 Å². The highest BCUT2D eigenvalue weighted by molar-refractivity contribution is 7.98. The summed E-state index contributed by atoms with van der Waals surface area (Å²) in [5.41, 5.74) is 1.20. The minimum Gasteiger partial charge on any atom is -0.312 e. The van der Waals surface area contributed by atoms with Gasteiger partial charge in [-0.05, 0) is 24.9 Å². The van der Waals surface area contributed by atoms with Gasteiger partial charge in [0, 0.05) is 28.1 Å². The molecule has 0 aliphatic carbocycles. The molecule has 0 fully saturated rings. The van der Waals surface area contributed by atoms with Crippen LogP contribution >= 0.6 is 23.1 Å². The summed E-state index contributed by atoms with van der Waals surface area (Å²) in [6.07, 6.45) is 4.05. The van der Waals surface area contributed by atoms with Crippen LogP contribution in [0.4, 0.5) is 0 Å². The molecular weight excluding hydrogens is 248 g/mol. The number of hydrogen-bond donors (Lipinski definition) is 1. The number of thiazole rings is 1. The van der Waals surface area contributed by atoms with E-state index in [1.165, 1.54) is 15.3 Å². The van der Waals surface area contributed by atoms with Crippen LogP contribution in [0, 0.1) is 0 Å². The molecule has 1 N–H and O–H groups in total. The van der Waals surface area contributed by atoms with Crippen molar-refractivity contribution in [1.82, 2.24) is 10.3 Å². The SMILES string of the molecule is CCNCc1cnc(-c2ccc(SC)cc2)s1. The number of nitrogens with one attached hydrogen (secondary N) is 1. The van der Waals surface area contributed by atoms with E-state index in [0.717, 1.165) is 18.1 Å².